The van der Waals surface area contributed by atoms with Gasteiger partial charge >= 0.3 is 0 Å². The molecule has 3 heteroatoms. The van der Waals surface area contributed by atoms with Gasteiger partial charge in [-0.15, -0.1) is 0 Å². The standard InChI is InChI=1S/C14H19N3/c1-2-17(9-3-8-15)14-7-4-11-10-12(16)5-6-13(11)14/h5-6,10,14H,2-4,7,9,16H2,1H3. The molecule has 2 N–H and O–H groups in total. The Morgan fingerprint density at radius 1 is 1.53 bits per heavy atom. The number of nitrogens with zero attached hydrogens (tertiary/aromatic N) is 2. The zero-order valence-corrected chi connectivity index (χ0v) is 10.3. The summed E-state index contributed by atoms with van der Waals surface area (Å²) in [4.78, 5) is 2.39. The second kappa shape index (κ2) is 5.20. The molecule has 0 amide bonds. The summed E-state index contributed by atoms with van der Waals surface area (Å²) < 4.78 is 0. The predicted molar refractivity (Wildman–Crippen MR) is 69.4 cm³/mol. The summed E-state index contributed by atoms with van der Waals surface area (Å²) in [6.07, 6.45) is 2.86. The SMILES string of the molecule is CCN(CCC#N)C1CCc2cc(N)ccc21. The molecule has 1 atom stereocenters. The van der Waals surface area contributed by atoms with Gasteiger partial charge in [0.05, 0.1) is 6.07 Å². The molecule has 3 nitrogen and oxygen atoms in total. The first-order valence-electron chi connectivity index (χ1n) is 6.25. The van der Waals surface area contributed by atoms with Crippen LogP contribution in [0, 0.1) is 11.3 Å². The van der Waals surface area contributed by atoms with Crippen molar-refractivity contribution in [2.45, 2.75) is 32.2 Å². The van der Waals surface area contributed by atoms with Gasteiger partial charge in [0.25, 0.3) is 0 Å². The van der Waals surface area contributed by atoms with Gasteiger partial charge in [0.1, 0.15) is 0 Å². The number of nitrogens with two attached hydrogens (primary N) is 1. The van der Waals surface area contributed by atoms with Crippen molar-refractivity contribution in [3.05, 3.63) is 29.3 Å². The molecule has 0 radical (unpaired) electrons. The highest BCUT2D eigenvalue weighted by Crippen LogP contribution is 2.36. The van der Waals surface area contributed by atoms with Crippen LogP contribution < -0.4 is 5.73 Å². The number of benzene rings is 1. The summed E-state index contributed by atoms with van der Waals surface area (Å²) in [5.41, 5.74) is 9.44. The molecule has 0 aliphatic heterocycles. The van der Waals surface area contributed by atoms with Crippen LogP contribution in [0.5, 0.6) is 0 Å². The van der Waals surface area contributed by atoms with E-state index in [-0.39, 0.29) is 0 Å². The first kappa shape index (κ1) is 11.9. The Morgan fingerprint density at radius 3 is 3.06 bits per heavy atom. The minimum Gasteiger partial charge on any atom is -0.399 e. The maximum absolute atomic E-state index is 8.69. The van der Waals surface area contributed by atoms with E-state index in [1.54, 1.807) is 0 Å². The van der Waals surface area contributed by atoms with E-state index >= 15 is 0 Å². The minimum absolute atomic E-state index is 0.476. The van der Waals surface area contributed by atoms with E-state index in [4.69, 9.17) is 11.0 Å². The van der Waals surface area contributed by atoms with Crippen LogP contribution in [-0.4, -0.2) is 18.0 Å². The quantitative estimate of drug-likeness (QED) is 0.807. The number of hydrogen-bond acceptors (Lipinski definition) is 3. The second-order valence-electron chi connectivity index (χ2n) is 4.55. The van der Waals surface area contributed by atoms with Crippen molar-refractivity contribution in [2.75, 3.05) is 18.8 Å². The third-order valence-electron chi connectivity index (χ3n) is 3.57. The molecule has 0 spiro atoms. The van der Waals surface area contributed by atoms with Crippen LogP contribution in [0.2, 0.25) is 0 Å². The Balaban J connectivity index is 2.17. The van der Waals surface area contributed by atoms with Crippen LogP contribution in [-0.2, 0) is 6.42 Å². The second-order valence-corrected chi connectivity index (χ2v) is 4.55. The normalized spacial score (nSPS) is 18.1. The zero-order chi connectivity index (χ0) is 12.3. The van der Waals surface area contributed by atoms with Gasteiger partial charge < -0.3 is 5.73 Å². The van der Waals surface area contributed by atoms with Crippen LogP contribution in [0.3, 0.4) is 0 Å². The molecule has 0 aromatic heterocycles. The topological polar surface area (TPSA) is 53.0 Å². The van der Waals surface area contributed by atoms with Crippen LogP contribution in [0.1, 0.15) is 36.9 Å². The summed E-state index contributed by atoms with van der Waals surface area (Å²) in [7, 11) is 0. The Bertz CT molecular complexity index is 434. The van der Waals surface area contributed by atoms with Gasteiger partial charge in [0.15, 0.2) is 0 Å². The molecule has 1 aromatic carbocycles. The largest absolute Gasteiger partial charge is 0.399 e. The zero-order valence-electron chi connectivity index (χ0n) is 10.3. The highest BCUT2D eigenvalue weighted by Gasteiger charge is 2.26. The molecule has 0 heterocycles. The van der Waals surface area contributed by atoms with Gasteiger partial charge in [0, 0.05) is 24.7 Å². The molecule has 90 valence electrons. The number of hydrogen-bond donors (Lipinski definition) is 1. The number of fused-ring (bicyclic) bond motifs is 1. The number of aryl methyl sites for hydroxylation is 1. The van der Waals surface area contributed by atoms with E-state index in [1.807, 2.05) is 6.07 Å². The van der Waals surface area contributed by atoms with Crippen molar-refractivity contribution < 1.29 is 0 Å². The fourth-order valence-corrected chi connectivity index (χ4v) is 2.72. The Hall–Kier alpha value is -1.53. The number of rotatable bonds is 4. The highest BCUT2D eigenvalue weighted by atomic mass is 15.1. The van der Waals surface area contributed by atoms with Gasteiger partial charge in [-0.1, -0.05) is 13.0 Å². The molecule has 0 saturated carbocycles. The average molecular weight is 229 g/mol. The monoisotopic (exact) mass is 229 g/mol. The molecule has 0 fully saturated rings. The summed E-state index contributed by atoms with van der Waals surface area (Å²) >= 11 is 0. The number of anilines is 1. The summed E-state index contributed by atoms with van der Waals surface area (Å²) in [5.74, 6) is 0. The van der Waals surface area contributed by atoms with Crippen molar-refractivity contribution in [3.63, 3.8) is 0 Å². The molecule has 1 aromatic rings. The molecule has 1 aliphatic carbocycles. The summed E-state index contributed by atoms with van der Waals surface area (Å²) in [6.45, 7) is 4.02. The molecule has 0 saturated heterocycles. The maximum Gasteiger partial charge on any atom is 0.0635 e. The molecule has 0 bridgehead atoms. The molecule has 1 unspecified atom stereocenters. The number of nitrogen functional groups attached to an aromatic ring is 1. The van der Waals surface area contributed by atoms with Crippen LogP contribution in [0.25, 0.3) is 0 Å². The fraction of sp³-hybridized carbons (Fsp3) is 0.500. The van der Waals surface area contributed by atoms with Crippen LogP contribution in [0.15, 0.2) is 18.2 Å². The third kappa shape index (κ3) is 2.42. The van der Waals surface area contributed by atoms with Gasteiger partial charge in [-0.3, -0.25) is 4.90 Å². The summed E-state index contributed by atoms with van der Waals surface area (Å²) in [5, 5.41) is 8.69. The van der Waals surface area contributed by atoms with E-state index < -0.39 is 0 Å². The van der Waals surface area contributed by atoms with Crippen LogP contribution in [0.4, 0.5) is 5.69 Å². The fourth-order valence-electron chi connectivity index (χ4n) is 2.72. The molecule has 1 aliphatic rings. The van der Waals surface area contributed by atoms with Crippen molar-refractivity contribution in [2.24, 2.45) is 0 Å². The van der Waals surface area contributed by atoms with Crippen molar-refractivity contribution in [1.29, 1.82) is 5.26 Å². The first-order chi connectivity index (χ1) is 8.26. The highest BCUT2D eigenvalue weighted by molar-refractivity contribution is 5.47. The Labute approximate surface area is 103 Å². The predicted octanol–water partition coefficient (Wildman–Crippen LogP) is 2.49. The van der Waals surface area contributed by atoms with Crippen LogP contribution >= 0.6 is 0 Å². The average Bonchev–Trinajstić information content (AvgIpc) is 2.73. The molecule has 17 heavy (non-hydrogen) atoms. The van der Waals surface area contributed by atoms with Crippen molar-refractivity contribution in [1.82, 2.24) is 4.90 Å². The maximum atomic E-state index is 8.69. The Kier molecular flexibility index (Phi) is 3.65. The van der Waals surface area contributed by atoms with E-state index in [9.17, 15) is 0 Å². The lowest BCUT2D eigenvalue weighted by Crippen LogP contribution is -2.28. The Morgan fingerprint density at radius 2 is 2.35 bits per heavy atom. The lowest BCUT2D eigenvalue weighted by molar-refractivity contribution is 0.212. The van der Waals surface area contributed by atoms with E-state index in [0.717, 1.165) is 31.6 Å². The lowest BCUT2D eigenvalue weighted by Gasteiger charge is -2.27. The molecular formula is C14H19N3. The molecule has 2 rings (SSSR count). The lowest BCUT2D eigenvalue weighted by atomic mass is 10.1. The van der Waals surface area contributed by atoms with Gasteiger partial charge in [-0.2, -0.15) is 5.26 Å². The van der Waals surface area contributed by atoms with E-state index in [2.05, 4.69) is 30.0 Å². The summed E-state index contributed by atoms with van der Waals surface area (Å²) in [6, 6.07) is 8.93. The smallest absolute Gasteiger partial charge is 0.0635 e. The molecular weight excluding hydrogens is 210 g/mol. The van der Waals surface area contributed by atoms with Crippen molar-refractivity contribution in [3.8, 4) is 6.07 Å². The van der Waals surface area contributed by atoms with Gasteiger partial charge in [-0.05, 0) is 42.6 Å². The van der Waals surface area contributed by atoms with Gasteiger partial charge in [-0.25, -0.2) is 0 Å². The number of nitriles is 1. The minimum atomic E-state index is 0.476. The van der Waals surface area contributed by atoms with E-state index in [1.165, 1.54) is 11.1 Å². The third-order valence-corrected chi connectivity index (χ3v) is 3.57. The van der Waals surface area contributed by atoms with E-state index in [0.29, 0.717) is 12.5 Å². The van der Waals surface area contributed by atoms with Crippen molar-refractivity contribution >= 4 is 5.69 Å². The van der Waals surface area contributed by atoms with Gasteiger partial charge in [0.2, 0.25) is 0 Å². The first-order valence-corrected chi connectivity index (χ1v) is 6.25.